The Morgan fingerprint density at radius 3 is 0.817 bits per heavy atom. The number of imide groups is 3. The van der Waals surface area contributed by atoms with E-state index in [4.69, 9.17) is 47.4 Å². The third-order valence-electron chi connectivity index (χ3n) is 33.7. The van der Waals surface area contributed by atoms with Crippen LogP contribution in [-0.2, 0) is 70.4 Å². The molecule has 0 aliphatic heterocycles. The summed E-state index contributed by atoms with van der Waals surface area (Å²) >= 11 is 0. The van der Waals surface area contributed by atoms with E-state index in [1.807, 2.05) is 133 Å². The number of rotatable bonds is 34. The molecule has 23 nitrogen and oxygen atoms in total. The van der Waals surface area contributed by atoms with Gasteiger partial charge < -0.3 is 57.2 Å². The Hall–Kier alpha value is -9.54. The van der Waals surface area contributed by atoms with Crippen molar-refractivity contribution < 1.29 is 85.7 Å². The second-order valence-electron chi connectivity index (χ2n) is 42.7. The van der Waals surface area contributed by atoms with Gasteiger partial charge in [0.2, 0.25) is 0 Å². The highest BCUT2D eigenvalue weighted by molar-refractivity contribution is 5.89. The Morgan fingerprint density at radius 1 is 0.289 bits per heavy atom. The number of amides is 8. The van der Waals surface area contributed by atoms with E-state index in [1.165, 1.54) is 178 Å². The first-order valence-electron chi connectivity index (χ1n) is 55.9. The van der Waals surface area contributed by atoms with Gasteiger partial charge >= 0.3 is 48.7 Å². The lowest BCUT2D eigenvalue weighted by atomic mass is 9.54. The molecule has 786 valence electrons. The Bertz CT molecular complexity index is 4320. The Morgan fingerprint density at radius 2 is 0.542 bits per heavy atom. The zero-order valence-electron chi connectivity index (χ0n) is 88.7. The third kappa shape index (κ3) is 33.2. The van der Waals surface area contributed by atoms with E-state index in [0.717, 1.165) is 158 Å². The maximum absolute atomic E-state index is 13.5. The molecule has 0 atom stereocenters. The number of carbonyl (C=O) groups excluding carboxylic acids is 8. The molecule has 4 bridgehead atoms. The van der Waals surface area contributed by atoms with Crippen molar-refractivity contribution in [3.05, 3.63) is 167 Å². The Kier molecular flexibility index (Phi) is 45.6. The van der Waals surface area contributed by atoms with Crippen LogP contribution >= 0.6 is 0 Å². The number of nitrogens with zero attached hydrogens (tertiary/aromatic N) is 5. The molecule has 0 saturated heterocycles. The van der Waals surface area contributed by atoms with Gasteiger partial charge in [-0.1, -0.05) is 267 Å². The van der Waals surface area contributed by atoms with Gasteiger partial charge in [-0.05, 0) is 314 Å². The second-order valence-corrected chi connectivity index (χ2v) is 42.7. The summed E-state index contributed by atoms with van der Waals surface area (Å²) in [6.45, 7) is 19.0. The highest BCUT2D eigenvalue weighted by atomic mass is 16.6. The van der Waals surface area contributed by atoms with Crippen LogP contribution in [0.5, 0.6) is 11.5 Å². The lowest BCUT2D eigenvalue weighted by Gasteiger charge is -2.56. The van der Waals surface area contributed by atoms with Gasteiger partial charge in [0.15, 0.2) is 0 Å². The molecule has 11 aliphatic rings. The summed E-state index contributed by atoms with van der Waals surface area (Å²) in [5.41, 5.74) is 2.43. The van der Waals surface area contributed by atoms with E-state index in [9.17, 15) is 38.4 Å². The lowest BCUT2D eigenvalue weighted by molar-refractivity contribution is -0.138. The highest BCUT2D eigenvalue weighted by Crippen LogP contribution is 2.58. The molecule has 11 fully saturated rings. The van der Waals surface area contributed by atoms with Crippen molar-refractivity contribution in [1.82, 2.24) is 24.5 Å². The van der Waals surface area contributed by atoms with E-state index in [0.29, 0.717) is 93.5 Å². The average Bonchev–Trinajstić information content (AvgIpc) is 0.823. The predicted molar refractivity (Wildman–Crippen MR) is 559 cm³/mol. The zero-order valence-corrected chi connectivity index (χ0v) is 88.7. The van der Waals surface area contributed by atoms with E-state index < -0.39 is 59.0 Å². The van der Waals surface area contributed by atoms with Crippen LogP contribution in [-0.4, -0.2) is 165 Å². The smallest absolute Gasteiger partial charge is 0.419 e. The number of methoxy groups -OCH3 is 2. The Balaban J connectivity index is 0.000000170. The Labute approximate surface area is 851 Å². The molecule has 0 radical (unpaired) electrons. The van der Waals surface area contributed by atoms with Gasteiger partial charge in [0.25, 0.3) is 0 Å². The molecule has 8 amide bonds. The van der Waals surface area contributed by atoms with Crippen molar-refractivity contribution in [2.45, 2.75) is 467 Å². The van der Waals surface area contributed by atoms with Crippen molar-refractivity contribution in [1.29, 1.82) is 0 Å². The molecule has 11 saturated carbocycles. The van der Waals surface area contributed by atoms with Gasteiger partial charge in [-0.15, -0.1) is 0 Å². The molecule has 5 aromatic carbocycles. The van der Waals surface area contributed by atoms with Crippen molar-refractivity contribution in [2.75, 3.05) is 33.9 Å². The quantitative estimate of drug-likeness (QED) is 0.0347. The predicted octanol–water partition coefficient (Wildman–Crippen LogP) is 30.9. The van der Waals surface area contributed by atoms with E-state index in [1.54, 1.807) is 62.8 Å². The van der Waals surface area contributed by atoms with Gasteiger partial charge in [-0.25, -0.2) is 53.1 Å². The van der Waals surface area contributed by atoms with Crippen LogP contribution in [0.1, 0.15) is 405 Å². The molecule has 5 aromatic rings. The summed E-state index contributed by atoms with van der Waals surface area (Å²) in [7, 11) is 3.16. The molecule has 0 aromatic heterocycles. The summed E-state index contributed by atoms with van der Waals surface area (Å²) < 4.78 is 57.5. The molecule has 142 heavy (non-hydrogen) atoms. The number of hydrogen-bond donors (Lipinski definition) is 0. The number of carbonyl (C=O) groups is 8. The highest BCUT2D eigenvalue weighted by Gasteiger charge is 2.55. The summed E-state index contributed by atoms with van der Waals surface area (Å²) in [4.78, 5) is 113. The third-order valence-corrected chi connectivity index (χ3v) is 33.7. The maximum atomic E-state index is 13.5. The molecule has 0 N–H and O–H groups in total. The summed E-state index contributed by atoms with van der Waals surface area (Å²) in [6.07, 6.45) is 52.2. The minimum atomic E-state index is -0.763. The van der Waals surface area contributed by atoms with Crippen LogP contribution in [0.25, 0.3) is 0 Å². The average molecular weight is 1970 g/mol. The molecular weight excluding hydrogens is 1790 g/mol. The van der Waals surface area contributed by atoms with E-state index in [-0.39, 0.29) is 56.2 Å². The molecule has 0 heterocycles. The van der Waals surface area contributed by atoms with Crippen LogP contribution in [0.4, 0.5) is 38.4 Å². The molecular formula is C119H177N5O18. The normalized spacial score (nSPS) is 20.8. The second kappa shape index (κ2) is 57.4. The fourth-order valence-corrected chi connectivity index (χ4v) is 24.5. The molecule has 16 rings (SSSR count). The molecule has 23 heteroatoms. The van der Waals surface area contributed by atoms with Crippen LogP contribution in [0, 0.1) is 17.8 Å². The number of hydrogen-bond acceptors (Lipinski definition) is 18. The van der Waals surface area contributed by atoms with Crippen LogP contribution in [0.3, 0.4) is 0 Å². The van der Waals surface area contributed by atoms with Gasteiger partial charge in [0, 0.05) is 43.8 Å². The fourth-order valence-electron chi connectivity index (χ4n) is 24.5. The van der Waals surface area contributed by atoms with Crippen LogP contribution in [0.2, 0.25) is 0 Å². The van der Waals surface area contributed by atoms with Crippen molar-refractivity contribution in [2.24, 2.45) is 17.8 Å². The first-order valence-corrected chi connectivity index (χ1v) is 55.9. The largest absolute Gasteiger partial charge is 0.497 e. The first-order chi connectivity index (χ1) is 68.9. The SMILES string of the molecule is CCC(CC)(CC)OC(=O)N(CCc1ccccc1)C(=O)OC(CC)(CC)CC.CCC1(OC(=O)N(C2CCCCC2)C2CCCCC2)CCCC1.CCC1(OC(=O)N(CCc2ccccc2)C(=O)OC2(CC)CCCCC2)CCCCC1.COc1ccc(COC(=O)N(CCc2ccccc2)C(=O)OCc2ccc(OC)cc2)cc1.O=C(OC12CC3CC(CC(C3)C1)C2)N(C1CCCCC1)C1CCCCC1. The molecule has 0 spiro atoms. The fraction of sp³-hybridized carbons (Fsp3) is 0.681. The van der Waals surface area contributed by atoms with Crippen molar-refractivity contribution in [3.8, 4) is 11.5 Å². The van der Waals surface area contributed by atoms with Gasteiger partial charge in [0.1, 0.15) is 58.3 Å². The standard InChI is InChI=1S/C26H27NO6.C26H39NO4.C24H39NO4.C23H37NO2.C20H35NO2/c1-30-23-12-8-21(9-13-23)18-32-25(28)27(17-16-20-6-4-3-5-7-20)26(29)33-19-22-10-14-24(31-2)15-11-22;1-3-25(17-10-6-11-18-25)30-23(28)27(21-16-22-14-8-5-9-15-22)24(29)31-26(4-2)19-12-7-13-20-26;1-7-23(8-2,9-3)28-21(26)25(19-18-20-16-14-13-15-17-20)22(27)29-24(10-4,11-5)12-6;25-22(26-23-14-17-11-18(15-23)13-19(12-17)16-23)24(20-7-3-1-4-8-20)21-9-5-2-6-10-21;1-2-20(15-9-10-16-20)23-19(22)21(17-11-5-3-6-12-17)18-13-7-4-8-14-18/h3-15H,16-19H2,1-2H3;5,8-9,14-15H,3-4,6-7,10-13,16-21H2,1-2H3;13-17H,7-12,18-19H2,1-6H3;17-21H,1-16H2;17-18H,2-16H2,1H3. The zero-order chi connectivity index (χ0) is 101. The van der Waals surface area contributed by atoms with Crippen LogP contribution < -0.4 is 9.47 Å². The topological polar surface area (TPSA) is 245 Å². The number of ether oxygens (including phenoxy) is 10. The van der Waals surface area contributed by atoms with Gasteiger partial charge in [-0.2, -0.15) is 0 Å². The maximum Gasteiger partial charge on any atom is 0.419 e. The number of benzene rings is 5. The minimum absolute atomic E-state index is 0.0209. The monoisotopic (exact) mass is 1960 g/mol. The van der Waals surface area contributed by atoms with Crippen molar-refractivity contribution >= 4 is 48.7 Å². The first kappa shape index (κ1) is 113. The van der Waals surface area contributed by atoms with Gasteiger partial charge in [0.05, 0.1) is 14.2 Å². The molecule has 0 unspecified atom stereocenters. The summed E-state index contributed by atoms with van der Waals surface area (Å²) in [5, 5.41) is 0. The van der Waals surface area contributed by atoms with Gasteiger partial charge in [-0.3, -0.25) is 0 Å². The van der Waals surface area contributed by atoms with E-state index in [2.05, 4.69) is 30.6 Å². The minimum Gasteiger partial charge on any atom is -0.497 e. The lowest BCUT2D eigenvalue weighted by Crippen LogP contribution is -2.56. The van der Waals surface area contributed by atoms with Crippen molar-refractivity contribution in [3.63, 3.8) is 0 Å². The van der Waals surface area contributed by atoms with Crippen LogP contribution in [0.15, 0.2) is 140 Å². The summed E-state index contributed by atoms with van der Waals surface area (Å²) in [6, 6.07) is 45.4. The summed E-state index contributed by atoms with van der Waals surface area (Å²) in [5.74, 6) is 3.93. The van der Waals surface area contributed by atoms with E-state index >= 15 is 0 Å². The molecule has 11 aliphatic carbocycles.